The second-order valence-corrected chi connectivity index (χ2v) is 4.09. The molecule has 1 atom stereocenters. The van der Waals surface area contributed by atoms with E-state index in [9.17, 15) is 15.0 Å². The van der Waals surface area contributed by atoms with E-state index in [1.54, 1.807) is 12.1 Å². The molecule has 3 nitrogen and oxygen atoms in total. The highest BCUT2D eigenvalue weighted by molar-refractivity contribution is 6.04. The Balaban J connectivity index is 2.41. The van der Waals surface area contributed by atoms with Crippen LogP contribution in [0.25, 0.3) is 16.8 Å². The molecular weight excluding hydrogens is 216 g/mol. The van der Waals surface area contributed by atoms with E-state index in [4.69, 9.17) is 0 Å². The summed E-state index contributed by atoms with van der Waals surface area (Å²) >= 11 is 0. The monoisotopic (exact) mass is 226 g/mol. The van der Waals surface area contributed by atoms with Gasteiger partial charge in [-0.15, -0.1) is 0 Å². The lowest BCUT2D eigenvalue weighted by Crippen LogP contribution is -2.14. The normalized spacial score (nSPS) is 18.4. The van der Waals surface area contributed by atoms with E-state index >= 15 is 0 Å². The summed E-state index contributed by atoms with van der Waals surface area (Å²) in [7, 11) is 0. The Bertz CT molecular complexity index is 656. The molecule has 1 aliphatic rings. The van der Waals surface area contributed by atoms with Crippen LogP contribution in [-0.2, 0) is 4.79 Å². The Labute approximate surface area is 97.6 Å². The molecule has 1 unspecified atom stereocenters. The first-order chi connectivity index (χ1) is 8.18. The maximum atomic E-state index is 11.4. The number of carbonyl (C=O) groups is 1. The highest BCUT2D eigenvalue weighted by Gasteiger charge is 2.24. The van der Waals surface area contributed by atoms with Gasteiger partial charge in [0.15, 0.2) is 5.78 Å². The average Bonchev–Trinajstić information content (AvgIpc) is 2.35. The number of aliphatic hydroxyl groups is 1. The molecule has 17 heavy (non-hydrogen) atoms. The third-order valence-electron chi connectivity index (χ3n) is 3.07. The van der Waals surface area contributed by atoms with Gasteiger partial charge in [-0.25, -0.2) is 0 Å². The van der Waals surface area contributed by atoms with Crippen molar-refractivity contribution in [3.05, 3.63) is 47.5 Å². The van der Waals surface area contributed by atoms with E-state index in [-0.39, 0.29) is 11.5 Å². The van der Waals surface area contributed by atoms with Gasteiger partial charge >= 0.3 is 0 Å². The Morgan fingerprint density at radius 2 is 1.88 bits per heavy atom. The Morgan fingerprint density at radius 1 is 1.12 bits per heavy atom. The smallest absolute Gasteiger partial charge is 0.188 e. The molecule has 0 saturated carbocycles. The number of aliphatic hydroxyl groups excluding tert-OH is 1. The lowest BCUT2D eigenvalue weighted by atomic mass is 9.90. The zero-order valence-electron chi connectivity index (χ0n) is 8.92. The van der Waals surface area contributed by atoms with Crippen molar-refractivity contribution in [2.75, 3.05) is 0 Å². The van der Waals surface area contributed by atoms with Gasteiger partial charge in [-0.2, -0.15) is 0 Å². The number of phenolic OH excluding ortho intramolecular Hbond substituents is 1. The number of benzene rings is 2. The van der Waals surface area contributed by atoms with Gasteiger partial charge in [0.1, 0.15) is 11.9 Å². The van der Waals surface area contributed by atoms with Gasteiger partial charge in [0, 0.05) is 10.9 Å². The van der Waals surface area contributed by atoms with Crippen LogP contribution in [0.15, 0.2) is 36.4 Å². The van der Waals surface area contributed by atoms with Gasteiger partial charge in [0.05, 0.1) is 0 Å². The van der Waals surface area contributed by atoms with Gasteiger partial charge in [0.2, 0.25) is 0 Å². The standard InChI is InChI=1S/C14H10O3/c15-12-6-5-10-11(14(12)17)7-8-3-1-2-4-9(8)13(10)16/h1-7,14,16-17H. The summed E-state index contributed by atoms with van der Waals surface area (Å²) in [6, 6.07) is 9.08. The fourth-order valence-corrected chi connectivity index (χ4v) is 2.18. The number of rotatable bonds is 0. The summed E-state index contributed by atoms with van der Waals surface area (Å²) in [6.45, 7) is 0. The van der Waals surface area contributed by atoms with Crippen molar-refractivity contribution in [2.45, 2.75) is 6.10 Å². The second-order valence-electron chi connectivity index (χ2n) is 4.09. The predicted molar refractivity (Wildman–Crippen MR) is 64.6 cm³/mol. The highest BCUT2D eigenvalue weighted by Crippen LogP contribution is 2.37. The van der Waals surface area contributed by atoms with Crippen LogP contribution < -0.4 is 0 Å². The van der Waals surface area contributed by atoms with Crippen LogP contribution in [-0.4, -0.2) is 16.0 Å². The van der Waals surface area contributed by atoms with E-state index in [1.165, 1.54) is 6.08 Å². The lowest BCUT2D eigenvalue weighted by molar-refractivity contribution is -0.122. The predicted octanol–water partition coefficient (Wildman–Crippen LogP) is 2.17. The van der Waals surface area contributed by atoms with Crippen molar-refractivity contribution in [1.29, 1.82) is 0 Å². The molecule has 2 N–H and O–H groups in total. The first kappa shape index (κ1) is 10.1. The molecule has 3 rings (SSSR count). The van der Waals surface area contributed by atoms with Gasteiger partial charge in [-0.1, -0.05) is 24.3 Å². The fraction of sp³-hybridized carbons (Fsp3) is 0.0714. The van der Waals surface area contributed by atoms with Gasteiger partial charge in [-0.3, -0.25) is 4.79 Å². The van der Waals surface area contributed by atoms with Crippen LogP contribution in [0.1, 0.15) is 17.2 Å². The number of hydrogen-bond donors (Lipinski definition) is 2. The van der Waals surface area contributed by atoms with Crippen molar-refractivity contribution >= 4 is 22.6 Å². The van der Waals surface area contributed by atoms with E-state index < -0.39 is 6.10 Å². The molecule has 0 bridgehead atoms. The van der Waals surface area contributed by atoms with Crippen molar-refractivity contribution in [2.24, 2.45) is 0 Å². The first-order valence-corrected chi connectivity index (χ1v) is 5.33. The third kappa shape index (κ3) is 1.36. The molecule has 3 heteroatoms. The number of aromatic hydroxyl groups is 1. The summed E-state index contributed by atoms with van der Waals surface area (Å²) in [6.07, 6.45) is 1.67. The zero-order chi connectivity index (χ0) is 12.0. The minimum atomic E-state index is -1.18. The second kappa shape index (κ2) is 3.43. The van der Waals surface area contributed by atoms with Crippen molar-refractivity contribution in [3.8, 4) is 5.75 Å². The molecule has 0 aromatic heterocycles. The Hall–Kier alpha value is -2.13. The molecule has 2 aromatic carbocycles. The SMILES string of the molecule is O=C1C=Cc2c(cc3ccccc3c2O)C1O. The van der Waals surface area contributed by atoms with Gasteiger partial charge in [0.25, 0.3) is 0 Å². The molecule has 0 fully saturated rings. The zero-order valence-corrected chi connectivity index (χ0v) is 8.92. The summed E-state index contributed by atoms with van der Waals surface area (Å²) in [5.74, 6) is -0.243. The topological polar surface area (TPSA) is 57.5 Å². The Morgan fingerprint density at radius 3 is 2.71 bits per heavy atom. The summed E-state index contributed by atoms with van der Waals surface area (Å²) in [4.78, 5) is 11.4. The molecule has 1 aliphatic carbocycles. The van der Waals surface area contributed by atoms with Gasteiger partial charge in [-0.05, 0) is 29.2 Å². The fourth-order valence-electron chi connectivity index (χ4n) is 2.18. The summed E-state index contributed by atoms with van der Waals surface area (Å²) in [5.41, 5.74) is 0.990. The maximum absolute atomic E-state index is 11.4. The van der Waals surface area contributed by atoms with Crippen LogP contribution >= 0.6 is 0 Å². The van der Waals surface area contributed by atoms with Crippen LogP contribution in [0.2, 0.25) is 0 Å². The minimum absolute atomic E-state index is 0.112. The van der Waals surface area contributed by atoms with Crippen LogP contribution in [0.4, 0.5) is 0 Å². The summed E-state index contributed by atoms with van der Waals surface area (Å²) < 4.78 is 0. The third-order valence-corrected chi connectivity index (χ3v) is 3.07. The minimum Gasteiger partial charge on any atom is -0.507 e. The van der Waals surface area contributed by atoms with E-state index in [0.29, 0.717) is 11.1 Å². The molecule has 0 heterocycles. The van der Waals surface area contributed by atoms with Gasteiger partial charge < -0.3 is 10.2 Å². The van der Waals surface area contributed by atoms with E-state index in [1.807, 2.05) is 24.3 Å². The number of phenols is 1. The number of ketones is 1. The summed E-state index contributed by atoms with van der Waals surface area (Å²) in [5, 5.41) is 21.5. The average molecular weight is 226 g/mol. The molecule has 0 saturated heterocycles. The molecule has 2 aromatic rings. The quantitative estimate of drug-likeness (QED) is 0.723. The highest BCUT2D eigenvalue weighted by atomic mass is 16.3. The number of fused-ring (bicyclic) bond motifs is 2. The van der Waals surface area contributed by atoms with E-state index in [2.05, 4.69) is 0 Å². The molecule has 84 valence electrons. The number of hydrogen-bond acceptors (Lipinski definition) is 3. The largest absolute Gasteiger partial charge is 0.507 e. The number of carbonyl (C=O) groups excluding carboxylic acids is 1. The van der Waals surface area contributed by atoms with Crippen molar-refractivity contribution in [3.63, 3.8) is 0 Å². The van der Waals surface area contributed by atoms with Crippen LogP contribution in [0.5, 0.6) is 5.75 Å². The Kier molecular flexibility index (Phi) is 2.03. The first-order valence-electron chi connectivity index (χ1n) is 5.33. The van der Waals surface area contributed by atoms with Crippen molar-refractivity contribution < 1.29 is 15.0 Å². The van der Waals surface area contributed by atoms with Crippen LogP contribution in [0.3, 0.4) is 0 Å². The molecule has 0 aliphatic heterocycles. The molecule has 0 radical (unpaired) electrons. The maximum Gasteiger partial charge on any atom is 0.188 e. The van der Waals surface area contributed by atoms with Crippen molar-refractivity contribution in [1.82, 2.24) is 0 Å². The molecule has 0 spiro atoms. The van der Waals surface area contributed by atoms with E-state index in [0.717, 1.165) is 10.8 Å². The molecule has 0 amide bonds. The lowest BCUT2D eigenvalue weighted by Gasteiger charge is -2.18. The van der Waals surface area contributed by atoms with Crippen LogP contribution in [0, 0.1) is 0 Å². The molecular formula is C14H10O3.